The van der Waals surface area contributed by atoms with Crippen LogP contribution in [0.5, 0.6) is 0 Å². The lowest BCUT2D eigenvalue weighted by Crippen LogP contribution is -2.36. The van der Waals surface area contributed by atoms with Crippen LogP contribution in [0.15, 0.2) is 30.3 Å². The number of amides is 1. The molecule has 0 bridgehead atoms. The van der Waals surface area contributed by atoms with Gasteiger partial charge in [0.1, 0.15) is 0 Å². The third-order valence-electron chi connectivity index (χ3n) is 3.25. The van der Waals surface area contributed by atoms with Crippen LogP contribution in [0.1, 0.15) is 51.5 Å². The van der Waals surface area contributed by atoms with Crippen LogP contribution in [0.25, 0.3) is 0 Å². The monoisotopic (exact) mass is 263 g/mol. The van der Waals surface area contributed by atoms with Crippen LogP contribution in [0, 0.1) is 0 Å². The van der Waals surface area contributed by atoms with Crippen molar-refractivity contribution in [3.8, 4) is 0 Å². The molecule has 0 aromatic heterocycles. The quantitative estimate of drug-likeness (QED) is 0.757. The van der Waals surface area contributed by atoms with E-state index in [9.17, 15) is 9.90 Å². The molecule has 106 valence electrons. The van der Waals surface area contributed by atoms with E-state index in [1.165, 1.54) is 0 Å². The van der Waals surface area contributed by atoms with Gasteiger partial charge in [0.25, 0.3) is 0 Å². The average Bonchev–Trinajstić information content (AvgIpc) is 2.38. The van der Waals surface area contributed by atoms with E-state index in [-0.39, 0.29) is 12.3 Å². The van der Waals surface area contributed by atoms with Gasteiger partial charge in [-0.05, 0) is 18.4 Å². The molecule has 0 unspecified atom stereocenters. The molecule has 0 heterocycles. The minimum Gasteiger partial charge on any atom is -0.389 e. The normalized spacial score (nSPS) is 11.3. The highest BCUT2D eigenvalue weighted by atomic mass is 16.3. The zero-order valence-electron chi connectivity index (χ0n) is 12.0. The van der Waals surface area contributed by atoms with Crippen LogP contribution >= 0.6 is 0 Å². The van der Waals surface area contributed by atoms with Crippen LogP contribution < -0.4 is 5.32 Å². The van der Waals surface area contributed by atoms with Gasteiger partial charge in [0.15, 0.2) is 0 Å². The minimum absolute atomic E-state index is 0.0757. The topological polar surface area (TPSA) is 49.3 Å². The smallest absolute Gasteiger partial charge is 0.223 e. The molecule has 0 saturated heterocycles. The van der Waals surface area contributed by atoms with E-state index in [1.54, 1.807) is 0 Å². The van der Waals surface area contributed by atoms with Gasteiger partial charge in [0.05, 0.1) is 12.0 Å². The second-order valence-electron chi connectivity index (χ2n) is 5.16. The molecule has 1 aromatic rings. The molecule has 0 spiro atoms. The Hall–Kier alpha value is -1.35. The van der Waals surface area contributed by atoms with Crippen molar-refractivity contribution < 1.29 is 9.90 Å². The summed E-state index contributed by atoms with van der Waals surface area (Å²) in [6, 6.07) is 9.81. The first kappa shape index (κ1) is 15.7. The van der Waals surface area contributed by atoms with Crippen molar-refractivity contribution in [2.24, 2.45) is 0 Å². The maximum atomic E-state index is 11.9. The highest BCUT2D eigenvalue weighted by Crippen LogP contribution is 2.23. The van der Waals surface area contributed by atoms with Crippen molar-refractivity contribution in [2.45, 2.75) is 58.1 Å². The van der Waals surface area contributed by atoms with Gasteiger partial charge in [-0.25, -0.2) is 0 Å². The predicted molar refractivity (Wildman–Crippen MR) is 77.7 cm³/mol. The van der Waals surface area contributed by atoms with Gasteiger partial charge < -0.3 is 10.4 Å². The van der Waals surface area contributed by atoms with E-state index < -0.39 is 5.60 Å². The lowest BCUT2D eigenvalue weighted by atomic mass is 9.89. The summed E-state index contributed by atoms with van der Waals surface area (Å²) >= 11 is 0. The van der Waals surface area contributed by atoms with E-state index >= 15 is 0 Å². The Morgan fingerprint density at radius 3 is 2.26 bits per heavy atom. The maximum Gasteiger partial charge on any atom is 0.223 e. The molecule has 0 radical (unpaired) electrons. The van der Waals surface area contributed by atoms with E-state index in [0.29, 0.717) is 19.4 Å². The second kappa shape index (κ2) is 7.95. The van der Waals surface area contributed by atoms with Crippen molar-refractivity contribution in [2.75, 3.05) is 0 Å². The van der Waals surface area contributed by atoms with Gasteiger partial charge in [0, 0.05) is 6.54 Å². The Morgan fingerprint density at radius 1 is 1.16 bits per heavy atom. The highest BCUT2D eigenvalue weighted by molar-refractivity contribution is 5.77. The lowest BCUT2D eigenvalue weighted by molar-refractivity contribution is -0.126. The van der Waals surface area contributed by atoms with Crippen molar-refractivity contribution >= 4 is 5.91 Å². The molecule has 0 aliphatic heterocycles. The number of carbonyl (C=O) groups excluding carboxylic acids is 1. The highest BCUT2D eigenvalue weighted by Gasteiger charge is 2.27. The molecule has 0 aliphatic rings. The first-order valence-electron chi connectivity index (χ1n) is 7.12. The molecule has 3 heteroatoms. The third-order valence-corrected chi connectivity index (χ3v) is 3.25. The fourth-order valence-corrected chi connectivity index (χ4v) is 2.39. The molecule has 3 nitrogen and oxygen atoms in total. The molecule has 19 heavy (non-hydrogen) atoms. The van der Waals surface area contributed by atoms with Crippen LogP contribution in [0.4, 0.5) is 0 Å². The Kier molecular flexibility index (Phi) is 6.57. The first-order chi connectivity index (χ1) is 9.09. The van der Waals surface area contributed by atoms with Gasteiger partial charge in [-0.1, -0.05) is 57.0 Å². The zero-order chi connectivity index (χ0) is 14.1. The van der Waals surface area contributed by atoms with Crippen LogP contribution in [0.2, 0.25) is 0 Å². The number of carbonyl (C=O) groups is 1. The zero-order valence-corrected chi connectivity index (χ0v) is 12.0. The van der Waals surface area contributed by atoms with Gasteiger partial charge in [-0.15, -0.1) is 0 Å². The van der Waals surface area contributed by atoms with E-state index in [0.717, 1.165) is 18.4 Å². The second-order valence-corrected chi connectivity index (χ2v) is 5.16. The van der Waals surface area contributed by atoms with E-state index in [4.69, 9.17) is 0 Å². The summed E-state index contributed by atoms with van der Waals surface area (Å²) < 4.78 is 0. The summed E-state index contributed by atoms with van der Waals surface area (Å²) in [7, 11) is 0. The predicted octanol–water partition coefficient (Wildman–Crippen LogP) is 3.02. The maximum absolute atomic E-state index is 11.9. The Bertz CT molecular complexity index is 370. The average molecular weight is 263 g/mol. The number of hydrogen-bond donors (Lipinski definition) is 2. The fourth-order valence-electron chi connectivity index (χ4n) is 2.39. The molecular weight excluding hydrogens is 238 g/mol. The summed E-state index contributed by atoms with van der Waals surface area (Å²) in [5, 5.41) is 13.3. The Balaban J connectivity index is 2.44. The Labute approximate surface area is 116 Å². The molecule has 0 aliphatic carbocycles. The van der Waals surface area contributed by atoms with Crippen molar-refractivity contribution in [3.63, 3.8) is 0 Å². The third kappa shape index (κ3) is 5.88. The fraction of sp³-hybridized carbons (Fsp3) is 0.562. The number of hydrogen-bond acceptors (Lipinski definition) is 2. The number of nitrogens with one attached hydrogen (secondary N) is 1. The van der Waals surface area contributed by atoms with Crippen molar-refractivity contribution in [3.05, 3.63) is 35.9 Å². The number of benzene rings is 1. The molecule has 0 saturated carbocycles. The molecule has 1 rings (SSSR count). The van der Waals surface area contributed by atoms with Gasteiger partial charge in [0.2, 0.25) is 5.91 Å². The largest absolute Gasteiger partial charge is 0.389 e. The van der Waals surface area contributed by atoms with Crippen molar-refractivity contribution in [1.29, 1.82) is 0 Å². The van der Waals surface area contributed by atoms with Crippen LogP contribution in [-0.4, -0.2) is 16.6 Å². The summed E-state index contributed by atoms with van der Waals surface area (Å²) in [4.78, 5) is 11.9. The minimum atomic E-state index is -0.843. The SMILES string of the molecule is CCCC(O)(CCC)CC(=O)NCc1ccccc1. The Morgan fingerprint density at radius 2 is 1.74 bits per heavy atom. The van der Waals surface area contributed by atoms with Gasteiger partial charge >= 0.3 is 0 Å². The molecule has 1 aromatic carbocycles. The van der Waals surface area contributed by atoms with Crippen molar-refractivity contribution in [1.82, 2.24) is 5.32 Å². The number of aliphatic hydroxyl groups is 1. The number of rotatable bonds is 8. The van der Waals surface area contributed by atoms with Crippen LogP contribution in [0.3, 0.4) is 0 Å². The van der Waals surface area contributed by atoms with Gasteiger partial charge in [-0.2, -0.15) is 0 Å². The van der Waals surface area contributed by atoms with E-state index in [2.05, 4.69) is 5.32 Å². The summed E-state index contributed by atoms with van der Waals surface area (Å²) in [6.07, 6.45) is 3.34. The lowest BCUT2D eigenvalue weighted by Gasteiger charge is -2.26. The van der Waals surface area contributed by atoms with E-state index in [1.807, 2.05) is 44.2 Å². The summed E-state index contributed by atoms with van der Waals surface area (Å²) in [6.45, 7) is 4.58. The molecule has 0 fully saturated rings. The molecule has 2 N–H and O–H groups in total. The summed E-state index contributed by atoms with van der Waals surface area (Å²) in [5.41, 5.74) is 0.231. The van der Waals surface area contributed by atoms with Gasteiger partial charge in [-0.3, -0.25) is 4.79 Å². The van der Waals surface area contributed by atoms with Crippen LogP contribution in [-0.2, 0) is 11.3 Å². The first-order valence-corrected chi connectivity index (χ1v) is 7.12. The molecule has 0 atom stereocenters. The molecular formula is C16H25NO2. The molecule has 1 amide bonds. The summed E-state index contributed by atoms with van der Waals surface area (Å²) in [5.74, 6) is -0.0757. The standard InChI is InChI=1S/C16H25NO2/c1-3-10-16(19,11-4-2)12-15(18)17-13-14-8-6-5-7-9-14/h5-9,19H,3-4,10-13H2,1-2H3,(H,17,18).